The van der Waals surface area contributed by atoms with Crippen molar-refractivity contribution in [2.75, 3.05) is 13.1 Å². The van der Waals surface area contributed by atoms with Crippen molar-refractivity contribution in [2.45, 2.75) is 40.7 Å². The van der Waals surface area contributed by atoms with E-state index in [0.29, 0.717) is 6.54 Å². The Balaban J connectivity index is 4.80. The normalized spacial score (nSPS) is 13.6. The van der Waals surface area contributed by atoms with Gasteiger partial charge in [-0.05, 0) is 11.3 Å². The summed E-state index contributed by atoms with van der Waals surface area (Å²) in [6, 6.07) is -0.624. The first-order chi connectivity index (χ1) is 7.55. The fraction of sp³-hybridized carbons (Fsp3) is 0.833. The minimum Gasteiger partial charge on any atom is -0.368 e. The smallest absolute Gasteiger partial charge is 0.240 e. The van der Waals surface area contributed by atoms with Crippen LogP contribution in [0.25, 0.3) is 0 Å². The van der Waals surface area contributed by atoms with Crippen LogP contribution in [0.2, 0.25) is 0 Å². The molecular weight excluding hydrogens is 218 g/mol. The van der Waals surface area contributed by atoms with Crippen LogP contribution in [0.3, 0.4) is 0 Å². The van der Waals surface area contributed by atoms with E-state index in [1.165, 1.54) is 4.90 Å². The summed E-state index contributed by atoms with van der Waals surface area (Å²) in [5.41, 5.74) is 10.7. The number of carbonyl (C=O) groups is 2. The Morgan fingerprint density at radius 1 is 1.24 bits per heavy atom. The number of rotatable bonds is 5. The molecule has 0 saturated carbocycles. The van der Waals surface area contributed by atoms with Gasteiger partial charge in [-0.25, -0.2) is 0 Å². The maximum atomic E-state index is 12.2. The molecule has 100 valence electrons. The molecule has 0 aliphatic rings. The van der Waals surface area contributed by atoms with Crippen molar-refractivity contribution in [2.24, 2.45) is 22.8 Å². The summed E-state index contributed by atoms with van der Waals surface area (Å²) in [6.45, 7) is 10.1. The molecule has 0 aromatic rings. The Bertz CT molecular complexity index is 282. The molecule has 4 N–H and O–H groups in total. The van der Waals surface area contributed by atoms with Crippen LogP contribution in [0.5, 0.6) is 0 Å². The van der Waals surface area contributed by atoms with Crippen molar-refractivity contribution in [3.63, 3.8) is 0 Å². The van der Waals surface area contributed by atoms with Gasteiger partial charge in [0.15, 0.2) is 0 Å². The average molecular weight is 243 g/mol. The van der Waals surface area contributed by atoms with Gasteiger partial charge < -0.3 is 16.4 Å². The highest BCUT2D eigenvalue weighted by Gasteiger charge is 2.31. The summed E-state index contributed by atoms with van der Waals surface area (Å²) < 4.78 is 0. The van der Waals surface area contributed by atoms with Crippen LogP contribution in [-0.4, -0.2) is 35.8 Å². The molecule has 0 fully saturated rings. The first-order valence-corrected chi connectivity index (χ1v) is 5.88. The molecule has 0 aliphatic heterocycles. The van der Waals surface area contributed by atoms with Gasteiger partial charge in [0, 0.05) is 6.54 Å². The first kappa shape index (κ1) is 15.9. The minimum atomic E-state index is -0.624. The summed E-state index contributed by atoms with van der Waals surface area (Å²) in [5.74, 6) is -0.462. The zero-order valence-corrected chi connectivity index (χ0v) is 11.5. The van der Waals surface area contributed by atoms with Crippen molar-refractivity contribution >= 4 is 11.8 Å². The molecule has 1 atom stereocenters. The molecule has 2 amide bonds. The average Bonchev–Trinajstić information content (AvgIpc) is 2.11. The van der Waals surface area contributed by atoms with Gasteiger partial charge in [0.2, 0.25) is 11.8 Å². The Morgan fingerprint density at radius 3 is 2.00 bits per heavy atom. The van der Waals surface area contributed by atoms with Gasteiger partial charge in [0.05, 0.1) is 12.6 Å². The lowest BCUT2D eigenvalue weighted by Crippen LogP contribution is -2.53. The van der Waals surface area contributed by atoms with E-state index >= 15 is 0 Å². The second kappa shape index (κ2) is 6.00. The number of primary amides is 1. The third-order valence-electron chi connectivity index (χ3n) is 2.44. The highest BCUT2D eigenvalue weighted by Crippen LogP contribution is 2.19. The fourth-order valence-electron chi connectivity index (χ4n) is 1.43. The predicted molar refractivity (Wildman–Crippen MR) is 68.0 cm³/mol. The molecule has 5 nitrogen and oxygen atoms in total. The quantitative estimate of drug-likeness (QED) is 0.729. The first-order valence-electron chi connectivity index (χ1n) is 5.88. The topological polar surface area (TPSA) is 89.4 Å². The van der Waals surface area contributed by atoms with Crippen molar-refractivity contribution in [1.29, 1.82) is 0 Å². The molecule has 0 spiro atoms. The van der Waals surface area contributed by atoms with Crippen LogP contribution in [0, 0.1) is 11.3 Å². The molecule has 0 heterocycles. The van der Waals surface area contributed by atoms with Crippen molar-refractivity contribution in [3.05, 3.63) is 0 Å². The molecular formula is C12H25N3O2. The lowest BCUT2D eigenvalue weighted by Gasteiger charge is -2.32. The van der Waals surface area contributed by atoms with E-state index in [-0.39, 0.29) is 23.8 Å². The monoisotopic (exact) mass is 243 g/mol. The van der Waals surface area contributed by atoms with Gasteiger partial charge >= 0.3 is 0 Å². The third-order valence-corrected chi connectivity index (χ3v) is 2.44. The van der Waals surface area contributed by atoms with E-state index in [1.807, 2.05) is 34.6 Å². The number of nitrogens with zero attached hydrogens (tertiary/aromatic N) is 1. The van der Waals surface area contributed by atoms with E-state index in [0.717, 1.165) is 0 Å². The lowest BCUT2D eigenvalue weighted by molar-refractivity contribution is -0.138. The SMILES string of the molecule is CC(C)CN(CC(N)=O)C(=O)C(N)C(C)(C)C. The minimum absolute atomic E-state index is 0.0687. The van der Waals surface area contributed by atoms with E-state index in [2.05, 4.69) is 0 Å². The standard InChI is InChI=1S/C12H25N3O2/c1-8(2)6-15(7-9(13)16)11(17)10(14)12(3,4)5/h8,10H,6-7,14H2,1-5H3,(H2,13,16). The van der Waals surface area contributed by atoms with Crippen molar-refractivity contribution in [1.82, 2.24) is 4.90 Å². The molecule has 0 saturated heterocycles. The van der Waals surface area contributed by atoms with E-state index in [1.54, 1.807) is 0 Å². The van der Waals surface area contributed by atoms with E-state index < -0.39 is 11.9 Å². The molecule has 17 heavy (non-hydrogen) atoms. The zero-order valence-electron chi connectivity index (χ0n) is 11.5. The number of hydrogen-bond acceptors (Lipinski definition) is 3. The Morgan fingerprint density at radius 2 is 1.71 bits per heavy atom. The van der Waals surface area contributed by atoms with Crippen LogP contribution in [-0.2, 0) is 9.59 Å². The number of carbonyl (C=O) groups excluding carboxylic acids is 2. The summed E-state index contributed by atoms with van der Waals surface area (Å²) in [4.78, 5) is 24.6. The summed E-state index contributed by atoms with van der Waals surface area (Å²) in [7, 11) is 0. The maximum Gasteiger partial charge on any atom is 0.240 e. The van der Waals surface area contributed by atoms with Gasteiger partial charge in [-0.2, -0.15) is 0 Å². The lowest BCUT2D eigenvalue weighted by atomic mass is 9.86. The molecule has 0 bridgehead atoms. The number of nitrogens with two attached hydrogens (primary N) is 2. The van der Waals surface area contributed by atoms with Crippen molar-refractivity contribution < 1.29 is 9.59 Å². The van der Waals surface area contributed by atoms with Crippen LogP contribution >= 0.6 is 0 Å². The van der Waals surface area contributed by atoms with Crippen LogP contribution in [0.1, 0.15) is 34.6 Å². The van der Waals surface area contributed by atoms with E-state index in [4.69, 9.17) is 11.5 Å². The Kier molecular flexibility index (Phi) is 5.61. The van der Waals surface area contributed by atoms with Gasteiger partial charge in [-0.1, -0.05) is 34.6 Å². The fourth-order valence-corrected chi connectivity index (χ4v) is 1.43. The van der Waals surface area contributed by atoms with Crippen LogP contribution in [0.15, 0.2) is 0 Å². The molecule has 0 aliphatic carbocycles. The molecule has 0 rings (SSSR count). The molecule has 0 radical (unpaired) electrons. The third kappa shape index (κ3) is 5.68. The van der Waals surface area contributed by atoms with Crippen molar-refractivity contribution in [3.8, 4) is 0 Å². The zero-order chi connectivity index (χ0) is 13.8. The molecule has 0 aromatic carbocycles. The van der Waals surface area contributed by atoms with Gasteiger partial charge in [-0.3, -0.25) is 9.59 Å². The summed E-state index contributed by atoms with van der Waals surface area (Å²) >= 11 is 0. The second-order valence-corrected chi connectivity index (χ2v) is 5.92. The molecule has 0 aromatic heterocycles. The number of hydrogen-bond donors (Lipinski definition) is 2. The number of amides is 2. The highest BCUT2D eigenvalue weighted by molar-refractivity contribution is 5.87. The Labute approximate surface area is 104 Å². The summed E-state index contributed by atoms with van der Waals surface area (Å²) in [5, 5.41) is 0. The summed E-state index contributed by atoms with van der Waals surface area (Å²) in [6.07, 6.45) is 0. The Hall–Kier alpha value is -1.10. The van der Waals surface area contributed by atoms with Crippen LogP contribution < -0.4 is 11.5 Å². The molecule has 1 unspecified atom stereocenters. The largest absolute Gasteiger partial charge is 0.368 e. The van der Waals surface area contributed by atoms with Gasteiger partial charge in [0.25, 0.3) is 0 Å². The van der Waals surface area contributed by atoms with E-state index in [9.17, 15) is 9.59 Å². The predicted octanol–water partition coefficient (Wildman–Crippen LogP) is 0.330. The van der Waals surface area contributed by atoms with Gasteiger partial charge in [-0.15, -0.1) is 0 Å². The molecule has 5 heteroatoms. The van der Waals surface area contributed by atoms with Gasteiger partial charge in [0.1, 0.15) is 0 Å². The second-order valence-electron chi connectivity index (χ2n) is 5.92. The maximum absolute atomic E-state index is 12.2. The highest BCUT2D eigenvalue weighted by atomic mass is 16.2. The van der Waals surface area contributed by atoms with Crippen LogP contribution in [0.4, 0.5) is 0 Å².